The molecule has 1 aromatic heterocycles. The van der Waals surface area contributed by atoms with Gasteiger partial charge in [0.2, 0.25) is 11.0 Å². The molecule has 3 aromatic rings. The minimum absolute atomic E-state index is 0.0412. The summed E-state index contributed by atoms with van der Waals surface area (Å²) in [5.74, 6) is -0.570. The second kappa shape index (κ2) is 9.31. The second-order valence-electron chi connectivity index (χ2n) is 5.55. The number of carbonyl (C=O) groups excluding carboxylic acids is 1. The van der Waals surface area contributed by atoms with Gasteiger partial charge in [0.05, 0.1) is 20.6 Å². The number of sulfonamides is 1. The SMILES string of the molecule is CSc1nnc(NC(=O)CN(c2ccc(Cl)c(Cl)c2)S(=O)(=O)c2ccccc2)s1. The van der Waals surface area contributed by atoms with E-state index >= 15 is 0 Å². The third-order valence-electron chi connectivity index (χ3n) is 3.64. The monoisotopic (exact) mass is 488 g/mol. The van der Waals surface area contributed by atoms with Gasteiger partial charge in [-0.15, -0.1) is 10.2 Å². The van der Waals surface area contributed by atoms with Gasteiger partial charge in [-0.05, 0) is 36.6 Å². The number of halogens is 2. The third-order valence-corrected chi connectivity index (χ3v) is 7.98. The molecule has 0 unspecified atom stereocenters. The van der Waals surface area contributed by atoms with Crippen molar-refractivity contribution >= 4 is 73.0 Å². The highest BCUT2D eigenvalue weighted by atomic mass is 35.5. The van der Waals surface area contributed by atoms with Gasteiger partial charge in [0.1, 0.15) is 6.54 Å². The molecule has 3 rings (SSSR count). The summed E-state index contributed by atoms with van der Waals surface area (Å²) in [6, 6.07) is 12.2. The average Bonchev–Trinajstić information content (AvgIpc) is 3.16. The van der Waals surface area contributed by atoms with Gasteiger partial charge in [0.25, 0.3) is 10.0 Å². The summed E-state index contributed by atoms with van der Waals surface area (Å²) in [4.78, 5) is 12.6. The molecule has 152 valence electrons. The fourth-order valence-electron chi connectivity index (χ4n) is 2.31. The van der Waals surface area contributed by atoms with Crippen molar-refractivity contribution in [2.45, 2.75) is 9.24 Å². The Balaban J connectivity index is 1.94. The summed E-state index contributed by atoms with van der Waals surface area (Å²) in [6.45, 7) is -0.483. The van der Waals surface area contributed by atoms with Crippen LogP contribution in [-0.2, 0) is 14.8 Å². The van der Waals surface area contributed by atoms with E-state index in [0.29, 0.717) is 4.34 Å². The molecule has 29 heavy (non-hydrogen) atoms. The van der Waals surface area contributed by atoms with E-state index < -0.39 is 22.5 Å². The van der Waals surface area contributed by atoms with Gasteiger partial charge in [-0.25, -0.2) is 8.42 Å². The van der Waals surface area contributed by atoms with E-state index in [1.54, 1.807) is 18.2 Å². The van der Waals surface area contributed by atoms with E-state index in [1.165, 1.54) is 53.4 Å². The predicted octanol–water partition coefficient (Wildman–Crippen LogP) is 4.40. The molecule has 0 fully saturated rings. The fraction of sp³-hybridized carbons (Fsp3) is 0.118. The number of nitrogens with one attached hydrogen (secondary N) is 1. The maximum Gasteiger partial charge on any atom is 0.264 e. The molecule has 0 atom stereocenters. The molecule has 1 heterocycles. The lowest BCUT2D eigenvalue weighted by Crippen LogP contribution is -2.38. The number of amides is 1. The molecule has 0 aliphatic heterocycles. The Morgan fingerprint density at radius 3 is 2.48 bits per heavy atom. The minimum Gasteiger partial charge on any atom is -0.299 e. The van der Waals surface area contributed by atoms with E-state index in [4.69, 9.17) is 23.2 Å². The zero-order valence-corrected chi connectivity index (χ0v) is 18.8. The van der Waals surface area contributed by atoms with Crippen LogP contribution in [0.2, 0.25) is 10.0 Å². The molecule has 0 aliphatic rings. The summed E-state index contributed by atoms with van der Waals surface area (Å²) >= 11 is 14.6. The van der Waals surface area contributed by atoms with Gasteiger partial charge in [0.15, 0.2) is 4.34 Å². The summed E-state index contributed by atoms with van der Waals surface area (Å²) in [5.41, 5.74) is 0.209. The van der Waals surface area contributed by atoms with Crippen LogP contribution in [0.15, 0.2) is 57.8 Å². The van der Waals surface area contributed by atoms with Gasteiger partial charge in [-0.2, -0.15) is 0 Å². The summed E-state index contributed by atoms with van der Waals surface area (Å²) in [5, 5.41) is 11.1. The molecule has 0 radical (unpaired) electrons. The Bertz CT molecular complexity index is 1120. The van der Waals surface area contributed by atoms with Crippen LogP contribution in [0.3, 0.4) is 0 Å². The fourth-order valence-corrected chi connectivity index (χ4v) is 5.22. The van der Waals surface area contributed by atoms with Crippen LogP contribution < -0.4 is 9.62 Å². The smallest absolute Gasteiger partial charge is 0.264 e. The van der Waals surface area contributed by atoms with E-state index in [2.05, 4.69) is 15.5 Å². The van der Waals surface area contributed by atoms with E-state index in [1.807, 2.05) is 6.26 Å². The van der Waals surface area contributed by atoms with Crippen molar-refractivity contribution in [2.75, 3.05) is 22.4 Å². The highest BCUT2D eigenvalue weighted by Crippen LogP contribution is 2.30. The number of rotatable bonds is 7. The average molecular weight is 489 g/mol. The van der Waals surface area contributed by atoms with Crippen LogP contribution in [-0.4, -0.2) is 37.3 Å². The first-order chi connectivity index (χ1) is 13.8. The van der Waals surface area contributed by atoms with Crippen LogP contribution in [0.4, 0.5) is 10.8 Å². The molecule has 2 aromatic carbocycles. The van der Waals surface area contributed by atoms with Crippen molar-refractivity contribution in [2.24, 2.45) is 0 Å². The number of anilines is 2. The summed E-state index contributed by atoms with van der Waals surface area (Å²) in [7, 11) is -4.04. The maximum absolute atomic E-state index is 13.2. The van der Waals surface area contributed by atoms with Gasteiger partial charge in [-0.1, -0.05) is 64.5 Å². The lowest BCUT2D eigenvalue weighted by atomic mass is 10.3. The van der Waals surface area contributed by atoms with E-state index in [-0.39, 0.29) is 25.8 Å². The molecule has 0 spiro atoms. The van der Waals surface area contributed by atoms with Crippen molar-refractivity contribution in [1.29, 1.82) is 0 Å². The standard InChI is InChI=1S/C17H14Cl2N4O3S3/c1-27-17-22-21-16(28-17)20-15(24)10-23(11-7-8-13(18)14(19)9-11)29(25,26)12-5-3-2-4-6-12/h2-9H,10H2,1H3,(H,20,21,24). The van der Waals surface area contributed by atoms with Gasteiger partial charge in [0, 0.05) is 0 Å². The first kappa shape index (κ1) is 21.8. The molecule has 0 saturated carbocycles. The number of aromatic nitrogens is 2. The molecule has 1 amide bonds. The Morgan fingerprint density at radius 2 is 1.86 bits per heavy atom. The molecular weight excluding hydrogens is 475 g/mol. The van der Waals surface area contributed by atoms with Gasteiger partial charge in [-0.3, -0.25) is 14.4 Å². The predicted molar refractivity (Wildman–Crippen MR) is 118 cm³/mol. The van der Waals surface area contributed by atoms with Crippen molar-refractivity contribution in [3.05, 3.63) is 58.6 Å². The molecule has 0 saturated heterocycles. The first-order valence-electron chi connectivity index (χ1n) is 8.01. The summed E-state index contributed by atoms with van der Waals surface area (Å²) in [6.07, 6.45) is 1.84. The molecule has 7 nitrogen and oxygen atoms in total. The van der Waals surface area contributed by atoms with Crippen molar-refractivity contribution in [3.8, 4) is 0 Å². The number of hydrogen-bond acceptors (Lipinski definition) is 7. The quantitative estimate of drug-likeness (QED) is 0.391. The third kappa shape index (κ3) is 5.20. The zero-order valence-electron chi connectivity index (χ0n) is 14.9. The van der Waals surface area contributed by atoms with Crippen LogP contribution >= 0.6 is 46.3 Å². The normalized spacial score (nSPS) is 11.3. The highest BCUT2D eigenvalue weighted by Gasteiger charge is 2.28. The van der Waals surface area contributed by atoms with Crippen molar-refractivity contribution in [1.82, 2.24) is 10.2 Å². The minimum atomic E-state index is -4.04. The maximum atomic E-state index is 13.2. The summed E-state index contributed by atoms with van der Waals surface area (Å²) < 4.78 is 28.1. The van der Waals surface area contributed by atoms with E-state index in [9.17, 15) is 13.2 Å². The van der Waals surface area contributed by atoms with Crippen LogP contribution in [0.5, 0.6) is 0 Å². The first-order valence-corrected chi connectivity index (χ1v) is 12.2. The van der Waals surface area contributed by atoms with E-state index in [0.717, 1.165) is 4.31 Å². The number of nitrogens with zero attached hydrogens (tertiary/aromatic N) is 3. The Labute approximate surface area is 186 Å². The van der Waals surface area contributed by atoms with Crippen molar-refractivity contribution in [3.63, 3.8) is 0 Å². The topological polar surface area (TPSA) is 92.3 Å². The largest absolute Gasteiger partial charge is 0.299 e. The van der Waals surface area contributed by atoms with Crippen LogP contribution in [0.1, 0.15) is 0 Å². The number of hydrogen-bond donors (Lipinski definition) is 1. The molecule has 0 aliphatic carbocycles. The Hall–Kier alpha value is -1.85. The molecule has 1 N–H and O–H groups in total. The molecule has 12 heteroatoms. The van der Waals surface area contributed by atoms with Gasteiger partial charge < -0.3 is 0 Å². The lowest BCUT2D eigenvalue weighted by molar-refractivity contribution is -0.114. The Morgan fingerprint density at radius 1 is 1.14 bits per heavy atom. The molecular formula is C17H14Cl2N4O3S3. The highest BCUT2D eigenvalue weighted by molar-refractivity contribution is 8.00. The van der Waals surface area contributed by atoms with Crippen LogP contribution in [0.25, 0.3) is 0 Å². The van der Waals surface area contributed by atoms with Crippen molar-refractivity contribution < 1.29 is 13.2 Å². The lowest BCUT2D eigenvalue weighted by Gasteiger charge is -2.24. The van der Waals surface area contributed by atoms with Gasteiger partial charge >= 0.3 is 0 Å². The zero-order chi connectivity index (χ0) is 21.0. The number of thioether (sulfide) groups is 1. The second-order valence-corrected chi connectivity index (χ2v) is 10.3. The molecule has 0 bridgehead atoms. The van der Waals surface area contributed by atoms with Crippen LogP contribution in [0, 0.1) is 0 Å². The number of benzene rings is 2. The number of carbonyl (C=O) groups is 1. The Kier molecular flexibility index (Phi) is 7.01.